The Balaban J connectivity index is 2.88. The second-order valence-corrected chi connectivity index (χ2v) is 5.47. The minimum atomic E-state index is -3.67. The van der Waals surface area contributed by atoms with E-state index in [0.29, 0.717) is 4.47 Å². The maximum Gasteiger partial charge on any atom is 0.239 e. The maximum absolute atomic E-state index is 11.2. The smallest absolute Gasteiger partial charge is 0.225 e. The molecule has 0 atom stereocenters. The number of nitrogens with two attached hydrogens (primary N) is 1. The fourth-order valence-electron chi connectivity index (χ4n) is 1.43. The van der Waals surface area contributed by atoms with E-state index < -0.39 is 10.0 Å². The van der Waals surface area contributed by atoms with Crippen LogP contribution >= 0.6 is 15.9 Å². The molecule has 2 aromatic carbocycles. The number of hydrogen-bond donors (Lipinski definition) is 1. The van der Waals surface area contributed by atoms with E-state index in [-0.39, 0.29) is 4.90 Å². The van der Waals surface area contributed by atoms with E-state index in [9.17, 15) is 8.42 Å². The molecule has 0 bridgehead atoms. The van der Waals surface area contributed by atoms with Crippen LogP contribution in [0.3, 0.4) is 0 Å². The van der Waals surface area contributed by atoms with Gasteiger partial charge in [0.05, 0.1) is 4.90 Å². The van der Waals surface area contributed by atoms with Crippen LogP contribution in [-0.4, -0.2) is 8.42 Å². The highest BCUT2D eigenvalue weighted by Gasteiger charge is 2.13. The minimum absolute atomic E-state index is 0.112. The topological polar surface area (TPSA) is 60.2 Å². The maximum atomic E-state index is 11.2. The van der Waals surface area contributed by atoms with Crippen molar-refractivity contribution in [2.45, 2.75) is 4.90 Å². The lowest BCUT2D eigenvalue weighted by Gasteiger charge is -2.05. The van der Waals surface area contributed by atoms with Gasteiger partial charge in [0.1, 0.15) is 0 Å². The number of sulfonamides is 1. The van der Waals surface area contributed by atoms with Crippen LogP contribution < -0.4 is 5.14 Å². The van der Waals surface area contributed by atoms with Gasteiger partial charge in [-0.2, -0.15) is 0 Å². The molecule has 0 aliphatic heterocycles. The van der Waals surface area contributed by atoms with Crippen LogP contribution in [0.2, 0.25) is 0 Å². The highest BCUT2D eigenvalue weighted by atomic mass is 79.9. The first-order valence-electron chi connectivity index (χ1n) is 4.20. The van der Waals surface area contributed by atoms with Gasteiger partial charge in [-0.3, -0.25) is 0 Å². The van der Waals surface area contributed by atoms with Gasteiger partial charge in [0, 0.05) is 4.47 Å². The summed E-state index contributed by atoms with van der Waals surface area (Å²) in [5, 5.41) is 6.90. The predicted octanol–water partition coefficient (Wildman–Crippen LogP) is 2.25. The lowest BCUT2D eigenvalue weighted by Crippen LogP contribution is -2.12. The molecule has 0 saturated carbocycles. The first-order valence-corrected chi connectivity index (χ1v) is 6.54. The Labute approximate surface area is 96.1 Å². The van der Waals surface area contributed by atoms with E-state index in [4.69, 9.17) is 5.14 Å². The summed E-state index contributed by atoms with van der Waals surface area (Å²) in [7, 11) is -3.67. The summed E-state index contributed by atoms with van der Waals surface area (Å²) >= 11 is 3.26. The van der Waals surface area contributed by atoms with E-state index in [2.05, 4.69) is 15.9 Å². The molecule has 5 heteroatoms. The second-order valence-electron chi connectivity index (χ2n) is 3.14. The normalized spacial score (nSPS) is 11.9. The molecule has 15 heavy (non-hydrogen) atoms. The zero-order valence-corrected chi connectivity index (χ0v) is 10.0. The fraction of sp³-hybridized carbons (Fsp3) is 0. The minimum Gasteiger partial charge on any atom is -0.225 e. The highest BCUT2D eigenvalue weighted by Crippen LogP contribution is 2.29. The average Bonchev–Trinajstić information content (AvgIpc) is 2.16. The molecule has 0 saturated heterocycles. The van der Waals surface area contributed by atoms with Crippen molar-refractivity contribution in [1.29, 1.82) is 0 Å². The van der Waals surface area contributed by atoms with Gasteiger partial charge < -0.3 is 0 Å². The Hall–Kier alpha value is -0.910. The van der Waals surface area contributed by atoms with E-state index >= 15 is 0 Å². The third kappa shape index (κ3) is 1.90. The standard InChI is InChI=1S/C10H8BrNO2S/c11-10-8-4-2-1-3-7(8)5-6-9(10)15(12,13)14/h1-6H,(H2,12,13,14). The SMILES string of the molecule is NS(=O)(=O)c1ccc2ccccc2c1Br. The number of halogens is 1. The molecule has 0 aliphatic rings. The molecular formula is C10H8BrNO2S. The van der Waals surface area contributed by atoms with E-state index in [1.165, 1.54) is 6.07 Å². The van der Waals surface area contributed by atoms with E-state index in [1.54, 1.807) is 6.07 Å². The van der Waals surface area contributed by atoms with Crippen LogP contribution in [0.15, 0.2) is 45.8 Å². The summed E-state index contributed by atoms with van der Waals surface area (Å²) in [6.45, 7) is 0. The largest absolute Gasteiger partial charge is 0.239 e. The van der Waals surface area contributed by atoms with Crippen molar-refractivity contribution >= 4 is 36.7 Å². The van der Waals surface area contributed by atoms with Gasteiger partial charge in [-0.05, 0) is 32.8 Å². The van der Waals surface area contributed by atoms with Gasteiger partial charge in [0.2, 0.25) is 10.0 Å². The van der Waals surface area contributed by atoms with Gasteiger partial charge >= 0.3 is 0 Å². The van der Waals surface area contributed by atoms with E-state index in [1.807, 2.05) is 24.3 Å². The quantitative estimate of drug-likeness (QED) is 0.874. The highest BCUT2D eigenvalue weighted by molar-refractivity contribution is 9.10. The molecule has 0 aliphatic carbocycles. The molecule has 2 N–H and O–H groups in total. The number of hydrogen-bond acceptors (Lipinski definition) is 2. The molecule has 0 spiro atoms. The summed E-state index contributed by atoms with van der Waals surface area (Å²) < 4.78 is 23.0. The third-order valence-electron chi connectivity index (χ3n) is 2.13. The molecule has 2 rings (SSSR count). The Morgan fingerprint density at radius 3 is 2.40 bits per heavy atom. The Bertz CT molecular complexity index is 622. The second kappa shape index (κ2) is 3.59. The first-order chi connectivity index (χ1) is 7.00. The van der Waals surface area contributed by atoms with Crippen molar-refractivity contribution in [2.24, 2.45) is 5.14 Å². The number of fused-ring (bicyclic) bond motifs is 1. The fourth-order valence-corrected chi connectivity index (χ4v) is 3.22. The summed E-state index contributed by atoms with van der Waals surface area (Å²) in [6.07, 6.45) is 0. The van der Waals surface area contributed by atoms with Crippen LogP contribution in [0.1, 0.15) is 0 Å². The summed E-state index contributed by atoms with van der Waals surface area (Å²) in [6, 6.07) is 10.7. The molecule has 0 radical (unpaired) electrons. The van der Waals surface area contributed by atoms with Gasteiger partial charge in [0.25, 0.3) is 0 Å². The van der Waals surface area contributed by atoms with Crippen molar-refractivity contribution in [1.82, 2.24) is 0 Å². The van der Waals surface area contributed by atoms with E-state index in [0.717, 1.165) is 10.8 Å². The molecule has 78 valence electrons. The molecule has 0 heterocycles. The number of primary sulfonamides is 1. The van der Waals surface area contributed by atoms with Crippen molar-refractivity contribution in [3.8, 4) is 0 Å². The van der Waals surface area contributed by atoms with Gasteiger partial charge in [-0.1, -0.05) is 30.3 Å². The zero-order valence-electron chi connectivity index (χ0n) is 7.64. The average molecular weight is 286 g/mol. The molecule has 0 amide bonds. The number of rotatable bonds is 1. The monoisotopic (exact) mass is 285 g/mol. The Kier molecular flexibility index (Phi) is 2.54. The lowest BCUT2D eigenvalue weighted by molar-refractivity contribution is 0.597. The van der Waals surface area contributed by atoms with Crippen LogP contribution in [-0.2, 0) is 10.0 Å². The van der Waals surface area contributed by atoms with Gasteiger partial charge in [-0.15, -0.1) is 0 Å². The molecule has 0 aromatic heterocycles. The van der Waals surface area contributed by atoms with Crippen molar-refractivity contribution in [3.05, 3.63) is 40.9 Å². The van der Waals surface area contributed by atoms with Crippen LogP contribution in [0, 0.1) is 0 Å². The zero-order chi connectivity index (χ0) is 11.1. The van der Waals surface area contributed by atoms with Crippen molar-refractivity contribution < 1.29 is 8.42 Å². The van der Waals surface area contributed by atoms with Crippen LogP contribution in [0.5, 0.6) is 0 Å². The molecule has 0 unspecified atom stereocenters. The molecule has 2 aromatic rings. The molecule has 0 fully saturated rings. The predicted molar refractivity (Wildman–Crippen MR) is 63.0 cm³/mol. The first kappa shape index (κ1) is 10.6. The third-order valence-corrected chi connectivity index (χ3v) is 4.20. The Morgan fingerprint density at radius 1 is 1.07 bits per heavy atom. The summed E-state index contributed by atoms with van der Waals surface area (Å²) in [4.78, 5) is 0.112. The lowest BCUT2D eigenvalue weighted by atomic mass is 10.1. The van der Waals surface area contributed by atoms with Crippen molar-refractivity contribution in [3.63, 3.8) is 0 Å². The Morgan fingerprint density at radius 2 is 1.73 bits per heavy atom. The van der Waals surface area contributed by atoms with Crippen LogP contribution in [0.25, 0.3) is 10.8 Å². The summed E-state index contributed by atoms with van der Waals surface area (Å²) in [5.74, 6) is 0. The van der Waals surface area contributed by atoms with Crippen LogP contribution in [0.4, 0.5) is 0 Å². The number of benzene rings is 2. The van der Waals surface area contributed by atoms with Gasteiger partial charge in [-0.25, -0.2) is 13.6 Å². The molecular weight excluding hydrogens is 278 g/mol. The van der Waals surface area contributed by atoms with Crippen molar-refractivity contribution in [2.75, 3.05) is 0 Å². The van der Waals surface area contributed by atoms with Gasteiger partial charge in [0.15, 0.2) is 0 Å². The summed E-state index contributed by atoms with van der Waals surface area (Å²) in [5.41, 5.74) is 0. The molecule has 3 nitrogen and oxygen atoms in total.